The zero-order chi connectivity index (χ0) is 30.9. The molecule has 252 valence electrons. The number of halogens is 1. The summed E-state index contributed by atoms with van der Waals surface area (Å²) in [4.78, 5) is 18.8. The predicted octanol–water partition coefficient (Wildman–Crippen LogP) is 0.308. The third-order valence-corrected chi connectivity index (χ3v) is 14.6. The molecule has 7 aliphatic rings. The van der Waals surface area contributed by atoms with Crippen molar-refractivity contribution in [2.24, 2.45) is 22.8 Å². The van der Waals surface area contributed by atoms with Crippen LogP contribution in [0.2, 0.25) is 0 Å². The van der Waals surface area contributed by atoms with E-state index in [0.29, 0.717) is 45.4 Å². The van der Waals surface area contributed by atoms with Gasteiger partial charge in [0.15, 0.2) is 0 Å². The number of nitrogens with one attached hydrogen (secondary N) is 3. The van der Waals surface area contributed by atoms with Crippen LogP contribution in [0.5, 0.6) is 0 Å². The number of alkyl halides is 1. The molecule has 6 heterocycles. The number of fused-ring (bicyclic) bond motifs is 4. The maximum Gasteiger partial charge on any atom is 0.227 e. The molecule has 1 amide bonds. The number of nitrogens with zero attached hydrogens (tertiary/aromatic N) is 3. The first kappa shape index (κ1) is 33.0. The van der Waals surface area contributed by atoms with Crippen LogP contribution in [0.4, 0.5) is 4.39 Å². The van der Waals surface area contributed by atoms with Crippen LogP contribution in [0.25, 0.3) is 0 Å². The van der Waals surface area contributed by atoms with Gasteiger partial charge >= 0.3 is 0 Å². The number of nitrogens with two attached hydrogens (primary N) is 2. The summed E-state index contributed by atoms with van der Waals surface area (Å²) in [7, 11) is -3.35. The van der Waals surface area contributed by atoms with Gasteiger partial charge in [-0.1, -0.05) is 12.8 Å². The molecule has 2 bridgehead atoms. The average Bonchev–Trinajstić information content (AvgIpc) is 3.25. The summed E-state index contributed by atoms with van der Waals surface area (Å²) in [5.74, 6) is -0.819. The second-order valence-corrected chi connectivity index (χ2v) is 17.0. The number of carbonyl (C=O) groups is 1. The predicted molar refractivity (Wildman–Crippen MR) is 170 cm³/mol. The van der Waals surface area contributed by atoms with Gasteiger partial charge in [0.1, 0.15) is 6.17 Å². The molecule has 0 radical (unpaired) electrons. The van der Waals surface area contributed by atoms with Gasteiger partial charge in [-0.15, -0.1) is 0 Å². The van der Waals surface area contributed by atoms with E-state index in [1.165, 1.54) is 0 Å². The molecule has 0 aromatic rings. The lowest BCUT2D eigenvalue weighted by Gasteiger charge is -2.45. The average molecular weight is 641 g/mol. The molecule has 13 heteroatoms. The van der Waals surface area contributed by atoms with Gasteiger partial charge in [0.05, 0.1) is 23.4 Å². The van der Waals surface area contributed by atoms with E-state index in [2.05, 4.69) is 25.8 Å². The lowest BCUT2D eigenvalue weighted by Crippen LogP contribution is -2.65. The molecule has 7 fully saturated rings. The van der Waals surface area contributed by atoms with Crippen molar-refractivity contribution in [3.05, 3.63) is 0 Å². The Labute approximate surface area is 263 Å². The first-order chi connectivity index (χ1) is 21.1. The second kappa shape index (κ2) is 14.0. The first-order valence-electron chi connectivity index (χ1n) is 17.5. The molecule has 11 nitrogen and oxygen atoms in total. The van der Waals surface area contributed by atoms with E-state index in [4.69, 9.17) is 11.5 Å². The van der Waals surface area contributed by atoms with Crippen molar-refractivity contribution in [1.82, 2.24) is 30.1 Å². The van der Waals surface area contributed by atoms with Gasteiger partial charge in [-0.3, -0.25) is 9.69 Å². The van der Waals surface area contributed by atoms with Gasteiger partial charge in [0.25, 0.3) is 0 Å². The molecule has 7 rings (SSSR count). The van der Waals surface area contributed by atoms with Crippen LogP contribution in [0.3, 0.4) is 0 Å². The number of carbonyl (C=O) groups excluding carboxylic acids is 1. The van der Waals surface area contributed by atoms with Gasteiger partial charge < -0.3 is 32.3 Å². The number of hydrogen-bond donors (Lipinski definition) is 5. The fraction of sp³-hybridized carbons (Fsp3) is 0.968. The Morgan fingerprint density at radius 2 is 1.64 bits per heavy atom. The molecule has 44 heavy (non-hydrogen) atoms. The third kappa shape index (κ3) is 7.14. The van der Waals surface area contributed by atoms with Crippen molar-refractivity contribution < 1.29 is 17.6 Å². The number of piperidine rings is 3. The van der Waals surface area contributed by atoms with Gasteiger partial charge in [0, 0.05) is 44.3 Å². The Balaban J connectivity index is 1.09. The van der Waals surface area contributed by atoms with Gasteiger partial charge in [-0.2, -0.15) is 4.31 Å². The Morgan fingerprint density at radius 1 is 0.909 bits per heavy atom. The van der Waals surface area contributed by atoms with E-state index in [0.717, 1.165) is 84.0 Å². The Hall–Kier alpha value is -0.930. The van der Waals surface area contributed by atoms with Crippen molar-refractivity contribution in [1.29, 1.82) is 0 Å². The molecule has 6 aliphatic heterocycles. The van der Waals surface area contributed by atoms with Crippen molar-refractivity contribution in [3.63, 3.8) is 0 Å². The smallest absolute Gasteiger partial charge is 0.227 e. The van der Waals surface area contributed by atoms with Crippen LogP contribution in [0.1, 0.15) is 77.0 Å². The van der Waals surface area contributed by atoms with Gasteiger partial charge in [-0.25, -0.2) is 12.8 Å². The maximum atomic E-state index is 14.7. The van der Waals surface area contributed by atoms with E-state index in [1.54, 1.807) is 0 Å². The summed E-state index contributed by atoms with van der Waals surface area (Å²) >= 11 is 0. The number of sulfonamides is 1. The molecule has 6 saturated heterocycles. The molecular formula is C31H57FN8O3S. The zero-order valence-corrected chi connectivity index (χ0v) is 27.3. The van der Waals surface area contributed by atoms with Crippen LogP contribution >= 0.6 is 0 Å². The van der Waals surface area contributed by atoms with Crippen molar-refractivity contribution in [2.45, 2.75) is 119 Å². The SMILES string of the molecule is NC(N)C(C(=O)NC1CNCCC1N1CCC(S(=O)(=O)N2CCN3CCC2CC3)CC1)C1CC2(CCCC2)CCC(F)CN1. The second-order valence-electron chi connectivity index (χ2n) is 14.8. The van der Waals surface area contributed by atoms with E-state index >= 15 is 0 Å². The summed E-state index contributed by atoms with van der Waals surface area (Å²) in [5.41, 5.74) is 12.7. The summed E-state index contributed by atoms with van der Waals surface area (Å²) in [6, 6.07) is -0.145. The van der Waals surface area contributed by atoms with Crippen molar-refractivity contribution >= 4 is 15.9 Å². The zero-order valence-electron chi connectivity index (χ0n) is 26.5. The third-order valence-electron chi connectivity index (χ3n) is 12.1. The highest BCUT2D eigenvalue weighted by Gasteiger charge is 2.45. The summed E-state index contributed by atoms with van der Waals surface area (Å²) in [5, 5.41) is 9.79. The van der Waals surface area contributed by atoms with Gasteiger partial charge in [-0.05, 0) is 102 Å². The highest BCUT2D eigenvalue weighted by molar-refractivity contribution is 7.89. The topological polar surface area (TPSA) is 149 Å². The van der Waals surface area contributed by atoms with Crippen LogP contribution < -0.4 is 27.4 Å². The van der Waals surface area contributed by atoms with Gasteiger partial charge in [0.2, 0.25) is 15.9 Å². The Bertz CT molecular complexity index is 1080. The number of rotatable bonds is 7. The van der Waals surface area contributed by atoms with Crippen LogP contribution in [-0.4, -0.2) is 129 Å². The van der Waals surface area contributed by atoms with E-state index in [9.17, 15) is 17.6 Å². The standard InChI is InChI=1S/C31H57FN8O3S/c32-22-3-11-31(9-1-2-10-31)19-25(36-20-22)28(29(33)34)30(41)37-26-21-35-12-4-27(26)39-15-7-24(8-16-39)44(42,43)40-18-17-38-13-5-23(40)6-14-38/h22-29,35-36H,1-21,33-34H2,(H,37,41). The van der Waals surface area contributed by atoms with Crippen molar-refractivity contribution in [2.75, 3.05) is 58.9 Å². The summed E-state index contributed by atoms with van der Waals surface area (Å²) < 4.78 is 44.1. The number of amides is 1. The normalized spacial score (nSPS) is 37.0. The Kier molecular flexibility index (Phi) is 10.5. The van der Waals surface area contributed by atoms with E-state index in [1.807, 2.05) is 4.31 Å². The maximum absolute atomic E-state index is 14.7. The highest BCUT2D eigenvalue weighted by atomic mass is 32.2. The van der Waals surface area contributed by atoms with Crippen LogP contribution in [-0.2, 0) is 14.8 Å². The molecule has 1 spiro atoms. The molecule has 5 unspecified atom stereocenters. The molecule has 0 aromatic carbocycles. The highest BCUT2D eigenvalue weighted by Crippen LogP contribution is 2.47. The summed E-state index contributed by atoms with van der Waals surface area (Å²) in [6.45, 7) is 6.58. The van der Waals surface area contributed by atoms with Crippen molar-refractivity contribution in [3.8, 4) is 0 Å². The minimum absolute atomic E-state index is 0.0555. The van der Waals surface area contributed by atoms with Crippen LogP contribution in [0.15, 0.2) is 0 Å². The quantitative estimate of drug-likeness (QED) is 0.248. The molecule has 7 N–H and O–H groups in total. The fourth-order valence-corrected chi connectivity index (χ4v) is 11.7. The fourth-order valence-electron chi connectivity index (χ4n) is 9.54. The van der Waals surface area contributed by atoms with Crippen LogP contribution in [0, 0.1) is 11.3 Å². The first-order valence-corrected chi connectivity index (χ1v) is 19.0. The lowest BCUT2D eigenvalue weighted by molar-refractivity contribution is -0.128. The lowest BCUT2D eigenvalue weighted by atomic mass is 9.72. The molecular weight excluding hydrogens is 583 g/mol. The van der Waals surface area contributed by atoms with E-state index in [-0.39, 0.29) is 47.3 Å². The molecule has 1 aliphatic carbocycles. The Morgan fingerprint density at radius 3 is 2.34 bits per heavy atom. The number of hydrogen-bond acceptors (Lipinski definition) is 9. The number of likely N-dealkylation sites (tertiary alicyclic amines) is 1. The minimum atomic E-state index is -3.35. The minimum Gasteiger partial charge on any atom is -0.350 e. The van der Waals surface area contributed by atoms with E-state index < -0.39 is 28.3 Å². The molecule has 0 aromatic heterocycles. The monoisotopic (exact) mass is 640 g/mol. The molecule has 1 saturated carbocycles. The molecule has 5 atom stereocenters. The summed E-state index contributed by atoms with van der Waals surface area (Å²) in [6.07, 6.45) is 8.88. The largest absolute Gasteiger partial charge is 0.350 e.